The summed E-state index contributed by atoms with van der Waals surface area (Å²) >= 11 is 0. The zero-order valence-corrected chi connectivity index (χ0v) is 16.1. The van der Waals surface area contributed by atoms with Gasteiger partial charge in [0.1, 0.15) is 5.82 Å². The maximum Gasteiger partial charge on any atom is 0.257 e. The Hall–Kier alpha value is -3.15. The number of aryl methyl sites for hydroxylation is 1. The molecule has 0 radical (unpaired) electrons. The second-order valence-corrected chi connectivity index (χ2v) is 7.15. The minimum atomic E-state index is 0.0600. The van der Waals surface area contributed by atoms with E-state index in [1.54, 1.807) is 6.20 Å². The Morgan fingerprint density at radius 3 is 2.64 bits per heavy atom. The minimum Gasteiger partial charge on any atom is -0.365 e. The van der Waals surface area contributed by atoms with Crippen LogP contribution in [-0.2, 0) is 13.6 Å². The highest BCUT2D eigenvalue weighted by atomic mass is 16.2. The predicted molar refractivity (Wildman–Crippen MR) is 110 cm³/mol. The van der Waals surface area contributed by atoms with Crippen molar-refractivity contribution in [1.82, 2.24) is 19.7 Å². The monoisotopic (exact) mass is 375 g/mol. The lowest BCUT2D eigenvalue weighted by molar-refractivity contribution is 0.0725. The molecule has 1 aliphatic heterocycles. The lowest BCUT2D eigenvalue weighted by Gasteiger charge is -2.27. The molecule has 1 saturated heterocycles. The average molecular weight is 375 g/mol. The van der Waals surface area contributed by atoms with Gasteiger partial charge in [0.2, 0.25) is 0 Å². The molecule has 1 aliphatic rings. The number of nitrogens with one attached hydrogen (secondary N) is 1. The highest BCUT2D eigenvalue weighted by Crippen LogP contribution is 2.23. The van der Waals surface area contributed by atoms with Crippen LogP contribution in [0.2, 0.25) is 0 Å². The number of aromatic nitrogens is 3. The van der Waals surface area contributed by atoms with E-state index in [1.807, 2.05) is 53.2 Å². The summed E-state index contributed by atoms with van der Waals surface area (Å²) in [6.45, 7) is 2.21. The standard InChI is InChI=1S/C22H25N5O/c1-26-16-18(20(25-26)17-9-4-2-5-10-17)15-24-21-19(11-8-12-23-21)22(28)27-13-6-3-7-14-27/h2,4-5,8-12,16H,3,6-7,13-15H2,1H3,(H,23,24). The number of hydrogen-bond donors (Lipinski definition) is 1. The first kappa shape index (κ1) is 18.2. The molecule has 1 amide bonds. The fourth-order valence-corrected chi connectivity index (χ4v) is 3.67. The molecule has 3 heterocycles. The first-order valence-corrected chi connectivity index (χ1v) is 9.78. The van der Waals surface area contributed by atoms with Crippen molar-refractivity contribution >= 4 is 11.7 Å². The molecule has 0 aliphatic carbocycles. The van der Waals surface area contributed by atoms with Gasteiger partial charge in [-0.15, -0.1) is 0 Å². The number of hydrogen-bond acceptors (Lipinski definition) is 4. The van der Waals surface area contributed by atoms with E-state index in [9.17, 15) is 4.79 Å². The topological polar surface area (TPSA) is 63.1 Å². The number of carbonyl (C=O) groups is 1. The summed E-state index contributed by atoms with van der Waals surface area (Å²) in [5.74, 6) is 0.686. The molecule has 3 aromatic rings. The zero-order valence-electron chi connectivity index (χ0n) is 16.1. The lowest BCUT2D eigenvalue weighted by atomic mass is 10.1. The fraction of sp³-hybridized carbons (Fsp3) is 0.318. The van der Waals surface area contributed by atoms with Gasteiger partial charge >= 0.3 is 0 Å². The first-order chi connectivity index (χ1) is 13.7. The Morgan fingerprint density at radius 2 is 1.86 bits per heavy atom. The summed E-state index contributed by atoms with van der Waals surface area (Å²) in [5.41, 5.74) is 3.71. The first-order valence-electron chi connectivity index (χ1n) is 9.78. The molecule has 144 valence electrons. The van der Waals surface area contributed by atoms with Gasteiger partial charge < -0.3 is 10.2 Å². The highest BCUT2D eigenvalue weighted by Gasteiger charge is 2.21. The molecule has 1 fully saturated rings. The van der Waals surface area contributed by atoms with Gasteiger partial charge in [0.25, 0.3) is 5.91 Å². The van der Waals surface area contributed by atoms with E-state index in [-0.39, 0.29) is 5.91 Å². The molecule has 1 aromatic carbocycles. The van der Waals surface area contributed by atoms with Crippen LogP contribution in [-0.4, -0.2) is 38.7 Å². The van der Waals surface area contributed by atoms with E-state index in [1.165, 1.54) is 6.42 Å². The smallest absolute Gasteiger partial charge is 0.257 e. The molecular weight excluding hydrogens is 350 g/mol. The van der Waals surface area contributed by atoms with Crippen LogP contribution in [0.3, 0.4) is 0 Å². The van der Waals surface area contributed by atoms with Crippen molar-refractivity contribution in [2.45, 2.75) is 25.8 Å². The maximum atomic E-state index is 13.0. The number of piperidine rings is 1. The molecule has 0 bridgehead atoms. The molecule has 28 heavy (non-hydrogen) atoms. The van der Waals surface area contributed by atoms with Gasteiger partial charge in [0.15, 0.2) is 0 Å². The molecular formula is C22H25N5O. The van der Waals surface area contributed by atoms with Crippen LogP contribution in [0.25, 0.3) is 11.3 Å². The Labute approximate surface area is 165 Å². The summed E-state index contributed by atoms with van der Waals surface area (Å²) < 4.78 is 1.82. The van der Waals surface area contributed by atoms with Gasteiger partial charge in [0.05, 0.1) is 11.3 Å². The largest absolute Gasteiger partial charge is 0.365 e. The third kappa shape index (κ3) is 3.91. The van der Waals surface area contributed by atoms with Crippen molar-refractivity contribution in [2.75, 3.05) is 18.4 Å². The average Bonchev–Trinajstić information content (AvgIpc) is 3.14. The molecule has 1 N–H and O–H groups in total. The number of carbonyl (C=O) groups excluding carboxylic acids is 1. The SMILES string of the molecule is Cn1cc(CNc2ncccc2C(=O)N2CCCCC2)c(-c2ccccc2)n1. The number of amides is 1. The van der Waals surface area contributed by atoms with E-state index in [2.05, 4.69) is 27.5 Å². The quantitative estimate of drug-likeness (QED) is 0.738. The third-order valence-corrected chi connectivity index (χ3v) is 5.08. The van der Waals surface area contributed by atoms with Gasteiger partial charge in [-0.2, -0.15) is 5.10 Å². The molecule has 0 spiro atoms. The molecule has 0 saturated carbocycles. The van der Waals surface area contributed by atoms with Crippen molar-refractivity contribution in [3.63, 3.8) is 0 Å². The summed E-state index contributed by atoms with van der Waals surface area (Å²) in [7, 11) is 1.92. The van der Waals surface area contributed by atoms with E-state index < -0.39 is 0 Å². The number of anilines is 1. The zero-order chi connectivity index (χ0) is 19.3. The van der Waals surface area contributed by atoms with Crippen LogP contribution in [0.5, 0.6) is 0 Å². The van der Waals surface area contributed by atoms with Crippen LogP contribution in [0.15, 0.2) is 54.9 Å². The number of likely N-dealkylation sites (tertiary alicyclic amines) is 1. The summed E-state index contributed by atoms with van der Waals surface area (Å²) in [4.78, 5) is 19.3. The highest BCUT2D eigenvalue weighted by molar-refractivity contribution is 5.98. The summed E-state index contributed by atoms with van der Waals surface area (Å²) in [6.07, 6.45) is 7.07. The third-order valence-electron chi connectivity index (χ3n) is 5.08. The normalized spacial score (nSPS) is 14.1. The van der Waals surface area contributed by atoms with E-state index in [0.717, 1.165) is 42.8 Å². The van der Waals surface area contributed by atoms with Crippen molar-refractivity contribution in [1.29, 1.82) is 0 Å². The van der Waals surface area contributed by atoms with Crippen molar-refractivity contribution in [3.8, 4) is 11.3 Å². The van der Waals surface area contributed by atoms with Crippen LogP contribution in [0.4, 0.5) is 5.82 Å². The molecule has 6 nitrogen and oxygen atoms in total. The van der Waals surface area contributed by atoms with E-state index in [4.69, 9.17) is 0 Å². The van der Waals surface area contributed by atoms with Crippen LogP contribution < -0.4 is 5.32 Å². The van der Waals surface area contributed by atoms with Crippen LogP contribution in [0.1, 0.15) is 35.2 Å². The molecule has 6 heteroatoms. The minimum absolute atomic E-state index is 0.0600. The Balaban J connectivity index is 1.54. The van der Waals surface area contributed by atoms with E-state index in [0.29, 0.717) is 17.9 Å². The van der Waals surface area contributed by atoms with Crippen molar-refractivity contribution in [3.05, 3.63) is 66.0 Å². The fourth-order valence-electron chi connectivity index (χ4n) is 3.67. The van der Waals surface area contributed by atoms with E-state index >= 15 is 0 Å². The summed E-state index contributed by atoms with van der Waals surface area (Å²) in [5, 5.41) is 7.97. The number of rotatable bonds is 5. The second-order valence-electron chi connectivity index (χ2n) is 7.15. The van der Waals surface area contributed by atoms with Gasteiger partial charge in [-0.3, -0.25) is 9.48 Å². The molecule has 2 aromatic heterocycles. The van der Waals surface area contributed by atoms with Crippen LogP contribution in [0, 0.1) is 0 Å². The number of pyridine rings is 1. The van der Waals surface area contributed by atoms with Crippen LogP contribution >= 0.6 is 0 Å². The van der Waals surface area contributed by atoms with Gasteiger partial charge in [-0.25, -0.2) is 4.98 Å². The van der Waals surface area contributed by atoms with Gasteiger partial charge in [0, 0.05) is 50.2 Å². The second kappa shape index (κ2) is 8.25. The molecule has 0 unspecified atom stereocenters. The Kier molecular flexibility index (Phi) is 5.37. The Morgan fingerprint density at radius 1 is 1.07 bits per heavy atom. The van der Waals surface area contributed by atoms with Crippen molar-refractivity contribution in [2.24, 2.45) is 7.05 Å². The number of benzene rings is 1. The van der Waals surface area contributed by atoms with Gasteiger partial charge in [-0.1, -0.05) is 30.3 Å². The molecule has 4 rings (SSSR count). The van der Waals surface area contributed by atoms with Crippen molar-refractivity contribution < 1.29 is 4.79 Å². The molecule has 0 atom stereocenters. The summed E-state index contributed by atoms with van der Waals surface area (Å²) in [6, 6.07) is 13.8. The predicted octanol–water partition coefficient (Wildman–Crippen LogP) is 3.72. The Bertz CT molecular complexity index is 945. The lowest BCUT2D eigenvalue weighted by Crippen LogP contribution is -2.36. The maximum absolute atomic E-state index is 13.0. The van der Waals surface area contributed by atoms with Gasteiger partial charge in [-0.05, 0) is 31.4 Å². The number of nitrogens with zero attached hydrogens (tertiary/aromatic N) is 4.